The molecule has 142 valence electrons. The van der Waals surface area contributed by atoms with Crippen LogP contribution in [0.5, 0.6) is 0 Å². The maximum atomic E-state index is 13.5. The predicted molar refractivity (Wildman–Crippen MR) is 113 cm³/mol. The number of aryl methyl sites for hydroxylation is 1. The quantitative estimate of drug-likeness (QED) is 0.460. The summed E-state index contributed by atoms with van der Waals surface area (Å²) in [5, 5.41) is 4.29. The topological polar surface area (TPSA) is 42.0 Å². The average molecular weight is 382 g/mol. The van der Waals surface area contributed by atoms with E-state index >= 15 is 0 Å². The molecule has 4 aromatic rings. The van der Waals surface area contributed by atoms with Gasteiger partial charge in [-0.15, -0.1) is 0 Å². The molecule has 1 unspecified atom stereocenters. The third-order valence-corrected chi connectivity index (χ3v) is 5.52. The van der Waals surface area contributed by atoms with E-state index in [1.165, 1.54) is 23.3 Å². The molecule has 0 saturated carbocycles. The van der Waals surface area contributed by atoms with E-state index in [0.717, 1.165) is 29.6 Å². The Morgan fingerprint density at radius 3 is 2.72 bits per heavy atom. The molecule has 0 radical (unpaired) electrons. The van der Waals surface area contributed by atoms with E-state index < -0.39 is 5.82 Å². The molecule has 4 heteroatoms. The van der Waals surface area contributed by atoms with E-state index in [4.69, 9.17) is 4.98 Å². The third kappa shape index (κ3) is 3.27. The number of nitrogens with zero attached hydrogens (tertiary/aromatic N) is 1. The van der Waals surface area contributed by atoms with Gasteiger partial charge in [0, 0.05) is 16.5 Å². The number of ketones is 1. The summed E-state index contributed by atoms with van der Waals surface area (Å²) >= 11 is 0. The number of hydrogen-bond acceptors (Lipinski definition) is 3. The van der Waals surface area contributed by atoms with Gasteiger partial charge in [-0.1, -0.05) is 48.5 Å². The van der Waals surface area contributed by atoms with Gasteiger partial charge >= 0.3 is 0 Å². The van der Waals surface area contributed by atoms with Crippen molar-refractivity contribution in [1.82, 2.24) is 4.98 Å². The lowest BCUT2D eigenvalue weighted by Gasteiger charge is -2.15. The number of fused-ring (bicyclic) bond motifs is 2. The first-order valence-corrected chi connectivity index (χ1v) is 9.73. The number of anilines is 1. The molecule has 29 heavy (non-hydrogen) atoms. The van der Waals surface area contributed by atoms with Crippen molar-refractivity contribution < 1.29 is 9.18 Å². The number of nitrogens with one attached hydrogen (secondary N) is 1. The van der Waals surface area contributed by atoms with E-state index in [0.29, 0.717) is 11.1 Å². The molecule has 3 nitrogen and oxygen atoms in total. The Kier molecular flexibility index (Phi) is 4.32. The highest BCUT2D eigenvalue weighted by atomic mass is 19.1. The first-order valence-electron chi connectivity index (χ1n) is 9.73. The molecule has 5 rings (SSSR count). The van der Waals surface area contributed by atoms with Crippen molar-refractivity contribution in [2.75, 3.05) is 5.32 Å². The Balaban J connectivity index is 1.47. The third-order valence-electron chi connectivity index (χ3n) is 5.52. The molecule has 0 bridgehead atoms. The fourth-order valence-corrected chi connectivity index (χ4v) is 4.10. The highest BCUT2D eigenvalue weighted by molar-refractivity contribution is 6.16. The molecule has 0 saturated heterocycles. The second-order valence-corrected chi connectivity index (χ2v) is 7.34. The standard InChI is InChI=1S/C25H19FN2O/c26-18-7-3-6-17(15-18)25(29)21-9-4-10-22-20(21)12-14-24(27-22)28-23-13-11-16-5-1-2-8-19(16)23/h1-10,12,14-15,23H,11,13H2,(H,27,28). The SMILES string of the molecule is O=C(c1cccc(F)c1)c1cccc2nc(NC3CCc4ccccc43)ccc12. The number of aromatic nitrogens is 1. The zero-order valence-electron chi connectivity index (χ0n) is 15.7. The van der Waals surface area contributed by atoms with Gasteiger partial charge in [0.15, 0.2) is 5.78 Å². The maximum absolute atomic E-state index is 13.5. The van der Waals surface area contributed by atoms with E-state index in [9.17, 15) is 9.18 Å². The number of halogens is 1. The van der Waals surface area contributed by atoms with E-state index in [-0.39, 0.29) is 11.8 Å². The first kappa shape index (κ1) is 17.6. The molecule has 0 fully saturated rings. The van der Waals surface area contributed by atoms with Crippen LogP contribution in [0.3, 0.4) is 0 Å². The molecular weight excluding hydrogens is 363 g/mol. The van der Waals surface area contributed by atoms with E-state index in [1.807, 2.05) is 24.3 Å². The summed E-state index contributed by atoms with van der Waals surface area (Å²) in [6, 6.07) is 23.8. The lowest BCUT2D eigenvalue weighted by Crippen LogP contribution is -2.09. The number of pyridine rings is 1. The lowest BCUT2D eigenvalue weighted by atomic mass is 9.99. The molecule has 0 aliphatic heterocycles. The zero-order chi connectivity index (χ0) is 19.8. The second kappa shape index (κ2) is 7.13. The molecular formula is C25H19FN2O. The Hall–Kier alpha value is -3.53. The first-order chi connectivity index (χ1) is 14.2. The number of rotatable bonds is 4. The van der Waals surface area contributed by atoms with Crippen LogP contribution in [0.15, 0.2) is 78.9 Å². The highest BCUT2D eigenvalue weighted by Crippen LogP contribution is 2.33. The van der Waals surface area contributed by atoms with Crippen LogP contribution in [0, 0.1) is 5.82 Å². The van der Waals surface area contributed by atoms with Crippen molar-refractivity contribution in [3.05, 3.63) is 107 Å². The summed E-state index contributed by atoms with van der Waals surface area (Å²) in [6.45, 7) is 0. The van der Waals surface area contributed by atoms with Crippen LogP contribution in [-0.2, 0) is 6.42 Å². The minimum atomic E-state index is -0.419. The zero-order valence-corrected chi connectivity index (χ0v) is 15.7. The normalized spacial score (nSPS) is 15.3. The monoisotopic (exact) mass is 382 g/mol. The molecule has 1 heterocycles. The van der Waals surface area contributed by atoms with Crippen LogP contribution in [0.25, 0.3) is 10.9 Å². The molecule has 1 aliphatic carbocycles. The van der Waals surface area contributed by atoms with Crippen molar-refractivity contribution in [2.24, 2.45) is 0 Å². The summed E-state index contributed by atoms with van der Waals surface area (Å²) in [5.41, 5.74) is 4.31. The molecule has 1 N–H and O–H groups in total. The minimum Gasteiger partial charge on any atom is -0.363 e. The Morgan fingerprint density at radius 1 is 0.966 bits per heavy atom. The van der Waals surface area contributed by atoms with Gasteiger partial charge in [-0.3, -0.25) is 4.79 Å². The van der Waals surface area contributed by atoms with Crippen LogP contribution in [0.2, 0.25) is 0 Å². The van der Waals surface area contributed by atoms with Gasteiger partial charge in [0.05, 0.1) is 11.6 Å². The molecule has 1 aliphatic rings. The van der Waals surface area contributed by atoms with Crippen LogP contribution < -0.4 is 5.32 Å². The number of carbonyl (C=O) groups is 1. The van der Waals surface area contributed by atoms with Crippen molar-refractivity contribution >= 4 is 22.5 Å². The van der Waals surface area contributed by atoms with E-state index in [1.54, 1.807) is 18.2 Å². The lowest BCUT2D eigenvalue weighted by molar-refractivity contribution is 0.104. The Bertz CT molecular complexity index is 1230. The molecule has 1 atom stereocenters. The molecule has 0 amide bonds. The summed E-state index contributed by atoms with van der Waals surface area (Å²) in [4.78, 5) is 17.6. The summed E-state index contributed by atoms with van der Waals surface area (Å²) in [6.07, 6.45) is 2.10. The molecule has 0 spiro atoms. The predicted octanol–water partition coefficient (Wildman–Crippen LogP) is 5.70. The van der Waals surface area contributed by atoms with Gasteiger partial charge in [-0.25, -0.2) is 9.37 Å². The minimum absolute atomic E-state index is 0.206. The average Bonchev–Trinajstić information content (AvgIpc) is 3.15. The summed E-state index contributed by atoms with van der Waals surface area (Å²) in [7, 11) is 0. The number of carbonyl (C=O) groups excluding carboxylic acids is 1. The van der Waals surface area contributed by atoms with Crippen LogP contribution in [-0.4, -0.2) is 10.8 Å². The van der Waals surface area contributed by atoms with Gasteiger partial charge in [0.2, 0.25) is 0 Å². The van der Waals surface area contributed by atoms with Crippen LogP contribution in [0.1, 0.15) is 39.5 Å². The smallest absolute Gasteiger partial charge is 0.193 e. The maximum Gasteiger partial charge on any atom is 0.193 e. The molecule has 3 aromatic carbocycles. The number of hydrogen-bond donors (Lipinski definition) is 1. The van der Waals surface area contributed by atoms with Crippen LogP contribution >= 0.6 is 0 Å². The Labute approximate surface area is 168 Å². The van der Waals surface area contributed by atoms with Crippen LogP contribution in [0.4, 0.5) is 10.2 Å². The Morgan fingerprint density at radius 2 is 1.83 bits per heavy atom. The van der Waals surface area contributed by atoms with Crippen molar-refractivity contribution in [2.45, 2.75) is 18.9 Å². The largest absolute Gasteiger partial charge is 0.363 e. The summed E-state index contributed by atoms with van der Waals surface area (Å²) in [5.74, 6) is 0.162. The van der Waals surface area contributed by atoms with Crippen molar-refractivity contribution in [3.8, 4) is 0 Å². The van der Waals surface area contributed by atoms with E-state index in [2.05, 4.69) is 29.6 Å². The summed E-state index contributed by atoms with van der Waals surface area (Å²) < 4.78 is 13.5. The van der Waals surface area contributed by atoms with Gasteiger partial charge in [0.1, 0.15) is 11.6 Å². The number of benzene rings is 3. The molecule has 1 aromatic heterocycles. The van der Waals surface area contributed by atoms with Crippen molar-refractivity contribution in [3.63, 3.8) is 0 Å². The van der Waals surface area contributed by atoms with Gasteiger partial charge in [-0.2, -0.15) is 0 Å². The fraction of sp³-hybridized carbons (Fsp3) is 0.120. The van der Waals surface area contributed by atoms with Gasteiger partial charge in [0.25, 0.3) is 0 Å². The highest BCUT2D eigenvalue weighted by Gasteiger charge is 2.22. The second-order valence-electron chi connectivity index (χ2n) is 7.34. The van der Waals surface area contributed by atoms with Gasteiger partial charge < -0.3 is 5.32 Å². The van der Waals surface area contributed by atoms with Gasteiger partial charge in [-0.05, 0) is 54.3 Å². The van der Waals surface area contributed by atoms with Crippen molar-refractivity contribution in [1.29, 1.82) is 0 Å². The fourth-order valence-electron chi connectivity index (χ4n) is 4.10.